The Morgan fingerprint density at radius 2 is 2.00 bits per heavy atom. The Labute approximate surface area is 177 Å². The maximum Gasteiger partial charge on any atom is 0.319 e. The summed E-state index contributed by atoms with van der Waals surface area (Å²) in [5.41, 5.74) is 2.46. The van der Waals surface area contributed by atoms with E-state index in [1.807, 2.05) is 17.0 Å². The van der Waals surface area contributed by atoms with Crippen molar-refractivity contribution in [2.75, 3.05) is 23.3 Å². The van der Waals surface area contributed by atoms with Crippen molar-refractivity contribution in [3.8, 4) is 6.07 Å². The lowest BCUT2D eigenvalue weighted by Gasteiger charge is -2.23. The van der Waals surface area contributed by atoms with E-state index in [1.54, 1.807) is 18.2 Å². The largest absolute Gasteiger partial charge is 0.376 e. The van der Waals surface area contributed by atoms with E-state index in [0.717, 1.165) is 11.6 Å². The second-order valence-corrected chi connectivity index (χ2v) is 8.00. The van der Waals surface area contributed by atoms with Crippen LogP contribution < -0.4 is 15.5 Å². The number of benzene rings is 2. The summed E-state index contributed by atoms with van der Waals surface area (Å²) in [5.74, 6) is -0.672. The first-order valence-electron chi connectivity index (χ1n) is 10.0. The van der Waals surface area contributed by atoms with Crippen LogP contribution in [0.15, 0.2) is 47.6 Å². The average Bonchev–Trinajstić information content (AvgIpc) is 3.14. The first-order valence-corrected chi connectivity index (χ1v) is 10.0. The molecule has 0 radical (unpaired) electrons. The van der Waals surface area contributed by atoms with Crippen LogP contribution in [0.4, 0.5) is 25.0 Å². The molecule has 3 aliphatic rings. The molecule has 31 heavy (non-hydrogen) atoms. The highest BCUT2D eigenvalue weighted by Gasteiger charge is 2.56. The first kappa shape index (κ1) is 19.3. The van der Waals surface area contributed by atoms with Gasteiger partial charge in [-0.15, -0.1) is 0 Å². The fourth-order valence-electron chi connectivity index (χ4n) is 4.39. The van der Waals surface area contributed by atoms with Crippen LogP contribution in [0.2, 0.25) is 0 Å². The number of piperidine rings is 1. The van der Waals surface area contributed by atoms with Crippen LogP contribution in [0.25, 0.3) is 0 Å². The van der Waals surface area contributed by atoms with Crippen LogP contribution >= 0.6 is 0 Å². The second-order valence-electron chi connectivity index (χ2n) is 8.00. The molecule has 0 aromatic heterocycles. The van der Waals surface area contributed by atoms with Gasteiger partial charge in [-0.1, -0.05) is 17.3 Å². The van der Waals surface area contributed by atoms with Gasteiger partial charge < -0.3 is 20.4 Å². The highest BCUT2D eigenvalue weighted by atomic mass is 19.1. The summed E-state index contributed by atoms with van der Waals surface area (Å²) in [6.07, 6.45) is -0.171. The van der Waals surface area contributed by atoms with Gasteiger partial charge in [0.1, 0.15) is 17.7 Å². The first-order chi connectivity index (χ1) is 15.0. The summed E-state index contributed by atoms with van der Waals surface area (Å²) in [6.45, 7) is 1.24. The van der Waals surface area contributed by atoms with Crippen molar-refractivity contribution in [2.24, 2.45) is 17.0 Å². The molecule has 2 aromatic rings. The number of nitrogens with zero attached hydrogens (tertiary/aromatic N) is 3. The molecule has 2 fully saturated rings. The van der Waals surface area contributed by atoms with Crippen molar-refractivity contribution < 1.29 is 18.4 Å². The van der Waals surface area contributed by atoms with Crippen LogP contribution in [-0.2, 0) is 4.84 Å². The molecular formula is C22H19F2N5O2. The van der Waals surface area contributed by atoms with Crippen LogP contribution in [0.1, 0.15) is 12.0 Å². The van der Waals surface area contributed by atoms with E-state index in [9.17, 15) is 13.6 Å². The smallest absolute Gasteiger partial charge is 0.319 e. The fraction of sp³-hybridized carbons (Fsp3) is 0.318. The van der Waals surface area contributed by atoms with E-state index in [1.165, 1.54) is 12.1 Å². The van der Waals surface area contributed by atoms with Gasteiger partial charge in [0.2, 0.25) is 6.10 Å². The number of carbonyl (C=O) groups is 1. The fourth-order valence-corrected chi connectivity index (χ4v) is 4.39. The number of anilines is 2. The predicted molar refractivity (Wildman–Crippen MR) is 110 cm³/mol. The SMILES string of the molecule is N#CC1CC(c2cccc(NC(=O)NC3[C@H]4CN(c5ccc(F)cc5F)C[C@@H]34)c2)=NO1. The minimum atomic E-state index is -0.594. The Bertz CT molecular complexity index is 1100. The molecule has 4 atom stereocenters. The van der Waals surface area contributed by atoms with E-state index in [4.69, 9.17) is 10.1 Å². The number of urea groups is 1. The lowest BCUT2D eigenvalue weighted by molar-refractivity contribution is 0.125. The number of nitrogens with one attached hydrogen (secondary N) is 2. The van der Waals surface area contributed by atoms with Gasteiger partial charge in [0.15, 0.2) is 0 Å². The van der Waals surface area contributed by atoms with E-state index >= 15 is 0 Å². The number of halogens is 2. The molecule has 2 unspecified atom stereocenters. The second kappa shape index (κ2) is 7.54. The zero-order valence-corrected chi connectivity index (χ0v) is 16.4. The lowest BCUT2D eigenvalue weighted by atomic mass is 10.0. The van der Waals surface area contributed by atoms with Gasteiger partial charge in [0, 0.05) is 54.7 Å². The van der Waals surface area contributed by atoms with Crippen LogP contribution in [-0.4, -0.2) is 37.0 Å². The van der Waals surface area contributed by atoms with Crippen molar-refractivity contribution >= 4 is 23.1 Å². The summed E-state index contributed by atoms with van der Waals surface area (Å²) in [7, 11) is 0. The number of amides is 2. The average molecular weight is 423 g/mol. The number of hydrogen-bond donors (Lipinski definition) is 2. The number of hydrogen-bond acceptors (Lipinski definition) is 5. The molecule has 2 heterocycles. The summed E-state index contributed by atoms with van der Waals surface area (Å²) >= 11 is 0. The Balaban J connectivity index is 1.15. The van der Waals surface area contributed by atoms with Gasteiger partial charge in [-0.3, -0.25) is 0 Å². The Kier molecular flexibility index (Phi) is 4.70. The minimum absolute atomic E-state index is 0.0342. The molecule has 0 spiro atoms. The summed E-state index contributed by atoms with van der Waals surface area (Å²) in [5, 5.41) is 18.7. The zero-order valence-electron chi connectivity index (χ0n) is 16.4. The van der Waals surface area contributed by atoms with Crippen molar-refractivity contribution in [1.29, 1.82) is 5.26 Å². The van der Waals surface area contributed by atoms with Crippen LogP contribution in [0.3, 0.4) is 0 Å². The lowest BCUT2D eigenvalue weighted by Crippen LogP contribution is -2.37. The van der Waals surface area contributed by atoms with E-state index in [-0.39, 0.29) is 23.9 Å². The maximum atomic E-state index is 14.0. The molecule has 1 aliphatic carbocycles. The van der Waals surface area contributed by atoms with Crippen molar-refractivity contribution in [3.05, 3.63) is 59.7 Å². The molecule has 2 aromatic carbocycles. The molecule has 158 valence electrons. The molecule has 2 N–H and O–H groups in total. The van der Waals surface area contributed by atoms with Crippen molar-refractivity contribution in [3.63, 3.8) is 0 Å². The third kappa shape index (κ3) is 3.77. The molecule has 9 heteroatoms. The zero-order chi connectivity index (χ0) is 21.5. The van der Waals surface area contributed by atoms with Crippen molar-refractivity contribution in [1.82, 2.24) is 5.32 Å². The Morgan fingerprint density at radius 1 is 1.19 bits per heavy atom. The van der Waals surface area contributed by atoms with E-state index in [0.29, 0.717) is 36.6 Å². The normalized spacial score (nSPS) is 25.8. The number of oxime groups is 1. The number of rotatable bonds is 4. The van der Waals surface area contributed by atoms with Gasteiger partial charge in [-0.2, -0.15) is 5.26 Å². The summed E-state index contributed by atoms with van der Waals surface area (Å²) < 4.78 is 27.1. The monoisotopic (exact) mass is 423 g/mol. The molecule has 5 rings (SSSR count). The van der Waals surface area contributed by atoms with Gasteiger partial charge in [-0.25, -0.2) is 13.6 Å². The topological polar surface area (TPSA) is 89.8 Å². The highest BCUT2D eigenvalue weighted by molar-refractivity contribution is 6.02. The quantitative estimate of drug-likeness (QED) is 0.790. The van der Waals surface area contributed by atoms with Crippen molar-refractivity contribution in [2.45, 2.75) is 18.6 Å². The third-order valence-corrected chi connectivity index (χ3v) is 6.01. The van der Waals surface area contributed by atoms with Gasteiger partial charge >= 0.3 is 6.03 Å². The molecule has 1 saturated heterocycles. The highest BCUT2D eigenvalue weighted by Crippen LogP contribution is 2.47. The number of nitriles is 1. The molecular weight excluding hydrogens is 404 g/mol. The maximum absolute atomic E-state index is 14.0. The Hall–Kier alpha value is -3.67. The predicted octanol–water partition coefficient (Wildman–Crippen LogP) is 3.24. The Morgan fingerprint density at radius 3 is 2.71 bits per heavy atom. The van der Waals surface area contributed by atoms with Crippen LogP contribution in [0, 0.1) is 34.8 Å². The standard InChI is InChI=1S/C22H19F2N5O2/c23-13-4-5-20(18(24)7-13)29-10-16-17(11-29)21(16)27-22(30)26-14-3-1-2-12(6-14)19-8-15(9-25)31-28-19/h1-7,15-17,21H,8,10-11H2,(H2,26,27,30)/t15?,16-,17+,21?. The molecule has 2 amide bonds. The van der Waals surface area contributed by atoms with Gasteiger partial charge in [-0.05, 0) is 24.3 Å². The molecule has 7 nitrogen and oxygen atoms in total. The molecule has 2 aliphatic heterocycles. The van der Waals surface area contributed by atoms with E-state index in [2.05, 4.69) is 15.8 Å². The number of carbonyl (C=O) groups excluding carboxylic acids is 1. The van der Waals surface area contributed by atoms with Gasteiger partial charge in [0.05, 0.1) is 11.4 Å². The number of fused-ring (bicyclic) bond motifs is 1. The third-order valence-electron chi connectivity index (χ3n) is 6.01. The van der Waals surface area contributed by atoms with Crippen LogP contribution in [0.5, 0.6) is 0 Å². The molecule has 1 saturated carbocycles. The minimum Gasteiger partial charge on any atom is -0.376 e. The molecule has 0 bridgehead atoms. The van der Waals surface area contributed by atoms with Gasteiger partial charge in [0.25, 0.3) is 0 Å². The summed E-state index contributed by atoms with van der Waals surface area (Å²) in [4.78, 5) is 19.4. The summed E-state index contributed by atoms with van der Waals surface area (Å²) in [6, 6.07) is 12.5. The van der Waals surface area contributed by atoms with E-state index < -0.39 is 17.7 Å².